The van der Waals surface area contributed by atoms with E-state index in [1.165, 1.54) is 16.2 Å². The number of aromatic nitrogens is 1. The predicted molar refractivity (Wildman–Crippen MR) is 154 cm³/mol. The van der Waals surface area contributed by atoms with Gasteiger partial charge in [0, 0.05) is 5.56 Å². The lowest BCUT2D eigenvalue weighted by molar-refractivity contribution is -0.132. The molecule has 0 bridgehead atoms. The van der Waals surface area contributed by atoms with Crippen molar-refractivity contribution in [2.45, 2.75) is 26.3 Å². The molecule has 7 nitrogen and oxygen atoms in total. The van der Waals surface area contributed by atoms with E-state index in [4.69, 9.17) is 32.7 Å². The molecule has 39 heavy (non-hydrogen) atoms. The number of ketones is 1. The van der Waals surface area contributed by atoms with E-state index in [0.717, 1.165) is 11.1 Å². The highest BCUT2D eigenvalue weighted by Gasteiger charge is 2.48. The molecule has 1 amide bonds. The topological polar surface area (TPSA) is 89.0 Å². The lowest BCUT2D eigenvalue weighted by Gasteiger charge is -2.23. The van der Waals surface area contributed by atoms with Gasteiger partial charge in [0.2, 0.25) is 0 Å². The van der Waals surface area contributed by atoms with E-state index < -0.39 is 17.7 Å². The third-order valence-electron chi connectivity index (χ3n) is 6.15. The largest absolute Gasteiger partial charge is 0.507 e. The third kappa shape index (κ3) is 5.20. The minimum absolute atomic E-state index is 0.0831. The summed E-state index contributed by atoms with van der Waals surface area (Å²) in [6.07, 6.45) is 0.812. The lowest BCUT2D eigenvalue weighted by Crippen LogP contribution is -2.29. The number of benzene rings is 3. The average Bonchev–Trinajstić information content (AvgIpc) is 3.46. The molecule has 1 unspecified atom stereocenters. The van der Waals surface area contributed by atoms with Gasteiger partial charge in [-0.3, -0.25) is 14.5 Å². The smallest absolute Gasteiger partial charge is 0.301 e. The summed E-state index contributed by atoms with van der Waals surface area (Å²) < 4.78 is 12.1. The third-order valence-corrected chi connectivity index (χ3v) is 7.91. The number of ether oxygens (including phenoxy) is 2. The summed E-state index contributed by atoms with van der Waals surface area (Å²) in [6.45, 7) is 4.89. The molecule has 1 atom stereocenters. The Hall–Kier alpha value is -3.59. The number of fused-ring (bicyclic) bond motifs is 1. The van der Waals surface area contributed by atoms with Crippen molar-refractivity contribution in [3.8, 4) is 11.5 Å². The first-order valence-electron chi connectivity index (χ1n) is 12.3. The van der Waals surface area contributed by atoms with Gasteiger partial charge in [-0.1, -0.05) is 59.7 Å². The molecule has 4 aromatic rings. The molecule has 1 N–H and O–H groups in total. The van der Waals surface area contributed by atoms with E-state index >= 15 is 0 Å². The van der Waals surface area contributed by atoms with Gasteiger partial charge < -0.3 is 14.6 Å². The molecular formula is C29H24Cl2N2O5S. The van der Waals surface area contributed by atoms with Crippen molar-refractivity contribution in [2.24, 2.45) is 0 Å². The van der Waals surface area contributed by atoms with Crippen LogP contribution in [0.3, 0.4) is 0 Å². The number of aliphatic hydroxyl groups excluding tert-OH is 1. The number of thiazole rings is 1. The average molecular weight is 583 g/mol. The SMILES string of the molecule is CCCOc1cccc(/C(O)=C2\C(=O)C(=O)N(c3nc4ccc(OCC)cc4s3)C2c2ccc(Cl)c(Cl)c2)c1. The fourth-order valence-electron chi connectivity index (χ4n) is 4.39. The van der Waals surface area contributed by atoms with Crippen LogP contribution in [-0.2, 0) is 9.59 Å². The monoisotopic (exact) mass is 582 g/mol. The zero-order chi connectivity index (χ0) is 27.7. The van der Waals surface area contributed by atoms with Crippen molar-refractivity contribution < 1.29 is 24.2 Å². The van der Waals surface area contributed by atoms with E-state index in [2.05, 4.69) is 4.98 Å². The Labute approximate surface area is 239 Å². The second kappa shape index (κ2) is 11.3. The predicted octanol–water partition coefficient (Wildman–Crippen LogP) is 7.42. The van der Waals surface area contributed by atoms with Crippen LogP contribution in [0.25, 0.3) is 16.0 Å². The molecule has 1 aliphatic rings. The van der Waals surface area contributed by atoms with Gasteiger partial charge in [0.25, 0.3) is 5.78 Å². The molecule has 0 spiro atoms. The quantitative estimate of drug-likeness (QED) is 0.132. The minimum atomic E-state index is -0.994. The Morgan fingerprint density at radius 3 is 2.54 bits per heavy atom. The summed E-state index contributed by atoms with van der Waals surface area (Å²) in [7, 11) is 0. The fraction of sp³-hybridized carbons (Fsp3) is 0.207. The molecule has 2 heterocycles. The molecule has 200 valence electrons. The van der Waals surface area contributed by atoms with Crippen LogP contribution in [0.2, 0.25) is 10.0 Å². The first-order valence-corrected chi connectivity index (χ1v) is 13.9. The van der Waals surface area contributed by atoms with E-state index in [0.29, 0.717) is 51.5 Å². The maximum absolute atomic E-state index is 13.5. The molecule has 1 saturated heterocycles. The van der Waals surface area contributed by atoms with Crippen LogP contribution in [-0.4, -0.2) is 35.0 Å². The number of aliphatic hydroxyl groups is 1. The van der Waals surface area contributed by atoms with Gasteiger partial charge in [-0.15, -0.1) is 0 Å². The van der Waals surface area contributed by atoms with Crippen LogP contribution in [0, 0.1) is 0 Å². The molecule has 0 radical (unpaired) electrons. The number of rotatable bonds is 8. The van der Waals surface area contributed by atoms with Gasteiger partial charge in [-0.2, -0.15) is 0 Å². The maximum Gasteiger partial charge on any atom is 0.301 e. The highest BCUT2D eigenvalue weighted by atomic mass is 35.5. The number of carbonyl (C=O) groups excluding carboxylic acids is 2. The number of Topliss-reactive ketones (excluding diaryl/α,β-unsaturated/α-hetero) is 1. The molecule has 10 heteroatoms. The van der Waals surface area contributed by atoms with Crippen LogP contribution in [0.15, 0.2) is 66.2 Å². The maximum atomic E-state index is 13.5. The number of nitrogens with zero attached hydrogens (tertiary/aromatic N) is 2. The molecule has 1 aromatic heterocycles. The molecule has 5 rings (SSSR count). The first kappa shape index (κ1) is 27.0. The molecular weight excluding hydrogens is 559 g/mol. The standard InChI is InChI=1S/C29H24Cl2N2O5S/c1-3-12-38-18-7-5-6-17(13-18)26(34)24-25(16-8-10-20(30)21(31)14-16)33(28(36)27(24)35)29-32-22-11-9-19(37-4-2)15-23(22)39-29/h5-11,13-15,25,34H,3-4,12H2,1-2H3/b26-24+. The van der Waals surface area contributed by atoms with Gasteiger partial charge >= 0.3 is 5.91 Å². The number of anilines is 1. The Balaban J connectivity index is 1.67. The van der Waals surface area contributed by atoms with Crippen molar-refractivity contribution in [2.75, 3.05) is 18.1 Å². The van der Waals surface area contributed by atoms with Gasteiger partial charge in [0.1, 0.15) is 17.3 Å². The second-order valence-corrected chi connectivity index (χ2v) is 10.6. The van der Waals surface area contributed by atoms with Gasteiger partial charge in [0.05, 0.1) is 45.1 Å². The molecule has 1 fully saturated rings. The minimum Gasteiger partial charge on any atom is -0.507 e. The number of amides is 1. The van der Waals surface area contributed by atoms with Gasteiger partial charge in [-0.05, 0) is 61.4 Å². The highest BCUT2D eigenvalue weighted by molar-refractivity contribution is 7.22. The summed E-state index contributed by atoms with van der Waals surface area (Å²) >= 11 is 13.8. The number of halogens is 2. The van der Waals surface area contributed by atoms with Gasteiger partial charge in [-0.25, -0.2) is 4.98 Å². The number of hydrogen-bond acceptors (Lipinski definition) is 7. The number of carbonyl (C=O) groups is 2. The van der Waals surface area contributed by atoms with E-state index in [1.54, 1.807) is 54.6 Å². The van der Waals surface area contributed by atoms with Crippen molar-refractivity contribution in [1.29, 1.82) is 0 Å². The zero-order valence-corrected chi connectivity index (χ0v) is 23.4. The van der Waals surface area contributed by atoms with Crippen LogP contribution < -0.4 is 14.4 Å². The Bertz CT molecular complexity index is 1620. The van der Waals surface area contributed by atoms with Crippen LogP contribution in [0.1, 0.15) is 37.4 Å². The van der Waals surface area contributed by atoms with Crippen LogP contribution in [0.5, 0.6) is 11.5 Å². The zero-order valence-electron chi connectivity index (χ0n) is 21.1. The Morgan fingerprint density at radius 1 is 1.00 bits per heavy atom. The summed E-state index contributed by atoms with van der Waals surface area (Å²) in [4.78, 5) is 33.0. The Morgan fingerprint density at radius 2 is 1.79 bits per heavy atom. The van der Waals surface area contributed by atoms with Crippen LogP contribution >= 0.6 is 34.5 Å². The van der Waals surface area contributed by atoms with Crippen LogP contribution in [0.4, 0.5) is 5.13 Å². The van der Waals surface area contributed by atoms with Crippen molar-refractivity contribution >= 4 is 67.3 Å². The molecule has 0 saturated carbocycles. The summed E-state index contributed by atoms with van der Waals surface area (Å²) in [5.74, 6) is -0.757. The van der Waals surface area contributed by atoms with Gasteiger partial charge in [0.15, 0.2) is 5.13 Å². The second-order valence-electron chi connectivity index (χ2n) is 8.78. The number of hydrogen-bond donors (Lipinski definition) is 1. The molecule has 1 aliphatic heterocycles. The van der Waals surface area contributed by atoms with E-state index in [9.17, 15) is 14.7 Å². The lowest BCUT2D eigenvalue weighted by atomic mass is 9.95. The normalized spacial score (nSPS) is 16.7. The van der Waals surface area contributed by atoms with Crippen molar-refractivity contribution in [1.82, 2.24) is 4.98 Å². The summed E-state index contributed by atoms with van der Waals surface area (Å²) in [5.41, 5.74) is 1.41. The summed E-state index contributed by atoms with van der Waals surface area (Å²) in [5, 5.41) is 12.3. The fourth-order valence-corrected chi connectivity index (χ4v) is 5.72. The molecule has 3 aromatic carbocycles. The van der Waals surface area contributed by atoms with Crippen molar-refractivity contribution in [3.63, 3.8) is 0 Å². The van der Waals surface area contributed by atoms with E-state index in [-0.39, 0.29) is 16.4 Å². The molecule has 0 aliphatic carbocycles. The van der Waals surface area contributed by atoms with Crippen molar-refractivity contribution in [3.05, 3.63) is 87.4 Å². The first-order chi connectivity index (χ1) is 18.8. The summed E-state index contributed by atoms with van der Waals surface area (Å²) in [6, 6.07) is 16.1. The highest BCUT2D eigenvalue weighted by Crippen LogP contribution is 2.45. The van der Waals surface area contributed by atoms with E-state index in [1.807, 2.05) is 19.9 Å². The Kier molecular flexibility index (Phi) is 7.79.